The van der Waals surface area contributed by atoms with Crippen molar-refractivity contribution >= 4 is 17.9 Å². The summed E-state index contributed by atoms with van der Waals surface area (Å²) in [6.07, 6.45) is 71.6. The zero-order chi connectivity index (χ0) is 48.6. The molecule has 0 aromatic heterocycles. The van der Waals surface area contributed by atoms with Crippen molar-refractivity contribution in [1.82, 2.24) is 0 Å². The van der Waals surface area contributed by atoms with Crippen molar-refractivity contribution in [3.05, 3.63) is 85.1 Å². The summed E-state index contributed by atoms with van der Waals surface area (Å²) < 4.78 is 16.8. The Morgan fingerprint density at radius 1 is 0.313 bits per heavy atom. The van der Waals surface area contributed by atoms with Gasteiger partial charge in [0.05, 0.1) is 0 Å². The van der Waals surface area contributed by atoms with Crippen molar-refractivity contribution < 1.29 is 28.6 Å². The Kier molecular flexibility index (Phi) is 52.4. The lowest BCUT2D eigenvalue weighted by Gasteiger charge is -2.18. The normalized spacial score (nSPS) is 12.7. The number of allylic oxidation sites excluding steroid dienone is 14. The van der Waals surface area contributed by atoms with Gasteiger partial charge in [-0.05, 0) is 70.6 Å². The highest BCUT2D eigenvalue weighted by Crippen LogP contribution is 2.16. The molecule has 1 atom stereocenters. The molecule has 0 aliphatic heterocycles. The minimum Gasteiger partial charge on any atom is -0.462 e. The predicted octanol–water partition coefficient (Wildman–Crippen LogP) is 18.8. The molecule has 0 heterocycles. The Balaban J connectivity index is 4.38. The SMILES string of the molecule is CC/C=C\C/C=C\C/C=C\C/C=C\C/C=C\C/C=C\C/C=C\CCCC(=O)OCC(COC(=O)CCCCCCCCCCC)OC(=O)CCCCCCCCCCCCCCCCCCC. The first kappa shape index (κ1) is 63.6. The maximum Gasteiger partial charge on any atom is 0.306 e. The van der Waals surface area contributed by atoms with Crippen molar-refractivity contribution in [3.63, 3.8) is 0 Å². The number of hydrogen-bond donors (Lipinski definition) is 0. The van der Waals surface area contributed by atoms with E-state index in [0.717, 1.165) is 89.9 Å². The van der Waals surface area contributed by atoms with Crippen LogP contribution in [-0.4, -0.2) is 37.2 Å². The number of rotatable bonds is 50. The third kappa shape index (κ3) is 53.4. The van der Waals surface area contributed by atoms with Crippen LogP contribution in [0.2, 0.25) is 0 Å². The van der Waals surface area contributed by atoms with Crippen LogP contribution in [0.15, 0.2) is 85.1 Å². The van der Waals surface area contributed by atoms with Gasteiger partial charge in [0.15, 0.2) is 6.10 Å². The molecular weight excluding hydrogens is 829 g/mol. The van der Waals surface area contributed by atoms with Crippen LogP contribution >= 0.6 is 0 Å². The summed E-state index contributed by atoms with van der Waals surface area (Å²) in [6.45, 7) is 6.47. The molecule has 0 aromatic rings. The number of hydrogen-bond acceptors (Lipinski definition) is 6. The van der Waals surface area contributed by atoms with E-state index in [1.54, 1.807) is 0 Å². The molecule has 0 saturated heterocycles. The summed E-state index contributed by atoms with van der Waals surface area (Å²) in [7, 11) is 0. The van der Waals surface area contributed by atoms with Crippen molar-refractivity contribution in [1.29, 1.82) is 0 Å². The second-order valence-corrected chi connectivity index (χ2v) is 18.5. The number of carbonyl (C=O) groups excluding carboxylic acids is 3. The molecule has 0 rings (SSSR count). The van der Waals surface area contributed by atoms with Crippen LogP contribution in [0.1, 0.15) is 265 Å². The molecule has 384 valence electrons. The Hall–Kier alpha value is -3.41. The highest BCUT2D eigenvalue weighted by Gasteiger charge is 2.19. The maximum atomic E-state index is 12.8. The molecule has 0 bridgehead atoms. The molecule has 0 spiro atoms. The zero-order valence-corrected chi connectivity index (χ0v) is 43.9. The Labute approximate surface area is 414 Å². The van der Waals surface area contributed by atoms with Crippen LogP contribution < -0.4 is 0 Å². The molecule has 0 N–H and O–H groups in total. The van der Waals surface area contributed by atoms with Gasteiger partial charge in [-0.25, -0.2) is 0 Å². The third-order valence-corrected chi connectivity index (χ3v) is 11.9. The quantitative estimate of drug-likeness (QED) is 0.0262. The van der Waals surface area contributed by atoms with Gasteiger partial charge in [-0.15, -0.1) is 0 Å². The summed E-state index contributed by atoms with van der Waals surface area (Å²) in [5, 5.41) is 0. The molecule has 0 amide bonds. The van der Waals surface area contributed by atoms with E-state index in [1.807, 2.05) is 0 Å². The topological polar surface area (TPSA) is 78.9 Å². The van der Waals surface area contributed by atoms with Gasteiger partial charge < -0.3 is 14.2 Å². The summed E-state index contributed by atoms with van der Waals surface area (Å²) in [4.78, 5) is 38.0. The average molecular weight is 933 g/mol. The molecule has 6 heteroatoms. The molecular formula is C61H104O6. The third-order valence-electron chi connectivity index (χ3n) is 11.9. The summed E-state index contributed by atoms with van der Waals surface area (Å²) in [5.74, 6) is -0.950. The fourth-order valence-electron chi connectivity index (χ4n) is 7.73. The molecule has 67 heavy (non-hydrogen) atoms. The van der Waals surface area contributed by atoms with E-state index in [9.17, 15) is 14.4 Å². The number of carbonyl (C=O) groups is 3. The van der Waals surface area contributed by atoms with Crippen molar-refractivity contribution in [2.24, 2.45) is 0 Å². The molecule has 6 nitrogen and oxygen atoms in total. The second-order valence-electron chi connectivity index (χ2n) is 18.5. The minimum atomic E-state index is -0.796. The number of esters is 3. The van der Waals surface area contributed by atoms with Gasteiger partial charge in [0.2, 0.25) is 0 Å². The average Bonchev–Trinajstić information content (AvgIpc) is 3.33. The van der Waals surface area contributed by atoms with Gasteiger partial charge in [0, 0.05) is 19.3 Å². The van der Waals surface area contributed by atoms with Gasteiger partial charge in [-0.3, -0.25) is 14.4 Å². The molecule has 1 unspecified atom stereocenters. The van der Waals surface area contributed by atoms with Gasteiger partial charge in [0.1, 0.15) is 13.2 Å². The Bertz CT molecular complexity index is 1300. The monoisotopic (exact) mass is 933 g/mol. The lowest BCUT2D eigenvalue weighted by molar-refractivity contribution is -0.167. The fraction of sp³-hybridized carbons (Fsp3) is 0.721. The van der Waals surface area contributed by atoms with Crippen molar-refractivity contribution in [2.75, 3.05) is 13.2 Å². The van der Waals surface area contributed by atoms with E-state index < -0.39 is 6.10 Å². The van der Waals surface area contributed by atoms with Crippen LogP contribution in [0, 0.1) is 0 Å². The highest BCUT2D eigenvalue weighted by atomic mass is 16.6. The largest absolute Gasteiger partial charge is 0.462 e. The van der Waals surface area contributed by atoms with Gasteiger partial charge in [-0.2, -0.15) is 0 Å². The summed E-state index contributed by atoms with van der Waals surface area (Å²) in [5.41, 5.74) is 0. The minimum absolute atomic E-state index is 0.0916. The smallest absolute Gasteiger partial charge is 0.306 e. The highest BCUT2D eigenvalue weighted by molar-refractivity contribution is 5.71. The van der Waals surface area contributed by atoms with Gasteiger partial charge >= 0.3 is 17.9 Å². The van der Waals surface area contributed by atoms with E-state index in [1.165, 1.54) is 128 Å². The predicted molar refractivity (Wildman–Crippen MR) is 288 cm³/mol. The zero-order valence-electron chi connectivity index (χ0n) is 43.9. The molecule has 0 aliphatic carbocycles. The van der Waals surface area contributed by atoms with E-state index >= 15 is 0 Å². The molecule has 0 fully saturated rings. The lowest BCUT2D eigenvalue weighted by atomic mass is 10.0. The molecule has 0 aliphatic rings. The van der Waals surface area contributed by atoms with Crippen LogP contribution in [0.4, 0.5) is 0 Å². The van der Waals surface area contributed by atoms with E-state index in [4.69, 9.17) is 14.2 Å². The maximum absolute atomic E-state index is 12.8. The fourth-order valence-corrected chi connectivity index (χ4v) is 7.73. The lowest BCUT2D eigenvalue weighted by Crippen LogP contribution is -2.30. The number of unbranched alkanes of at least 4 members (excludes halogenated alkanes) is 25. The van der Waals surface area contributed by atoms with Crippen LogP contribution in [0.5, 0.6) is 0 Å². The summed E-state index contributed by atoms with van der Waals surface area (Å²) >= 11 is 0. The first-order valence-corrected chi connectivity index (χ1v) is 28.1. The first-order chi connectivity index (χ1) is 33.0. The van der Waals surface area contributed by atoms with Crippen LogP contribution in [-0.2, 0) is 28.6 Å². The molecule has 0 saturated carbocycles. The van der Waals surface area contributed by atoms with Crippen LogP contribution in [0.3, 0.4) is 0 Å². The van der Waals surface area contributed by atoms with Crippen molar-refractivity contribution in [2.45, 2.75) is 271 Å². The standard InChI is InChI=1S/C61H104O6/c1-4-7-10-13-16-19-21-23-25-27-28-29-30-31-32-34-35-37-39-42-45-48-51-54-60(63)66-57-58(56-65-59(62)53-50-47-44-41-18-15-12-9-6-3)67-61(64)55-52-49-46-43-40-38-36-33-26-24-22-20-17-14-11-8-5-2/h7,10,16,19,23,25,28-29,31-32,35,37,42,45,58H,4-6,8-9,11-15,17-18,20-22,24,26-27,30,33-34,36,38-41,43-44,46-57H2,1-3H3/b10-7-,19-16-,25-23-,29-28-,32-31-,37-35-,45-42-. The second kappa shape index (κ2) is 55.2. The van der Waals surface area contributed by atoms with Gasteiger partial charge in [-0.1, -0.05) is 260 Å². The van der Waals surface area contributed by atoms with E-state index in [-0.39, 0.29) is 37.5 Å². The van der Waals surface area contributed by atoms with E-state index in [2.05, 4.69) is 106 Å². The molecule has 0 radical (unpaired) electrons. The summed E-state index contributed by atoms with van der Waals surface area (Å²) in [6, 6.07) is 0. The van der Waals surface area contributed by atoms with Crippen LogP contribution in [0.25, 0.3) is 0 Å². The van der Waals surface area contributed by atoms with E-state index in [0.29, 0.717) is 19.3 Å². The number of ether oxygens (including phenoxy) is 3. The van der Waals surface area contributed by atoms with Crippen molar-refractivity contribution in [3.8, 4) is 0 Å². The first-order valence-electron chi connectivity index (χ1n) is 28.1. The Morgan fingerprint density at radius 2 is 0.582 bits per heavy atom. The Morgan fingerprint density at radius 3 is 0.910 bits per heavy atom. The van der Waals surface area contributed by atoms with Gasteiger partial charge in [0.25, 0.3) is 0 Å². The molecule has 0 aromatic carbocycles.